The van der Waals surface area contributed by atoms with Crippen molar-refractivity contribution in [3.8, 4) is 17.2 Å². The quantitative estimate of drug-likeness (QED) is 0.607. The van der Waals surface area contributed by atoms with E-state index >= 15 is 0 Å². The van der Waals surface area contributed by atoms with Gasteiger partial charge in [-0.2, -0.15) is 0 Å². The molecule has 7 nitrogen and oxygen atoms in total. The van der Waals surface area contributed by atoms with E-state index in [1.54, 1.807) is 35.2 Å². The normalized spacial score (nSPS) is 12.6. The molecule has 0 unspecified atom stereocenters. The fraction of sp³-hybridized carbons (Fsp3) is 0.167. The van der Waals surface area contributed by atoms with Crippen molar-refractivity contribution in [3.63, 3.8) is 0 Å². The van der Waals surface area contributed by atoms with E-state index in [0.29, 0.717) is 45.6 Å². The minimum absolute atomic E-state index is 0.129. The Kier molecular flexibility index (Phi) is 5.61. The summed E-state index contributed by atoms with van der Waals surface area (Å²) < 4.78 is 12.8. The molecule has 0 radical (unpaired) electrons. The third-order valence-electron chi connectivity index (χ3n) is 3.84. The van der Waals surface area contributed by atoms with E-state index in [9.17, 15) is 4.79 Å². The number of carbonyl (C=O) groups is 1. The van der Waals surface area contributed by atoms with Crippen LogP contribution in [0.25, 0.3) is 5.69 Å². The van der Waals surface area contributed by atoms with Gasteiger partial charge >= 0.3 is 0 Å². The Hall–Kier alpha value is -2.42. The summed E-state index contributed by atoms with van der Waals surface area (Å²) in [6, 6.07) is 10.6. The number of thioether (sulfide) groups is 1. The smallest absolute Gasteiger partial charge is 0.234 e. The second kappa shape index (κ2) is 8.30. The van der Waals surface area contributed by atoms with Crippen LogP contribution < -0.4 is 14.8 Å². The highest BCUT2D eigenvalue weighted by Crippen LogP contribution is 2.38. The lowest BCUT2D eigenvalue weighted by molar-refractivity contribution is -0.113. The van der Waals surface area contributed by atoms with Crippen molar-refractivity contribution < 1.29 is 14.3 Å². The van der Waals surface area contributed by atoms with Gasteiger partial charge in [-0.15, -0.1) is 10.2 Å². The number of anilines is 1. The minimum atomic E-state index is -0.232. The number of rotatable bonds is 5. The van der Waals surface area contributed by atoms with Gasteiger partial charge in [0.05, 0.1) is 22.2 Å². The van der Waals surface area contributed by atoms with Crippen LogP contribution in [-0.2, 0) is 4.79 Å². The Morgan fingerprint density at radius 2 is 1.96 bits per heavy atom. The molecule has 28 heavy (non-hydrogen) atoms. The maximum atomic E-state index is 12.4. The van der Waals surface area contributed by atoms with Gasteiger partial charge in [0, 0.05) is 17.2 Å². The third-order valence-corrected chi connectivity index (χ3v) is 5.33. The van der Waals surface area contributed by atoms with E-state index in [0.717, 1.165) is 5.69 Å². The Morgan fingerprint density at radius 1 is 1.18 bits per heavy atom. The molecule has 2 aromatic carbocycles. The van der Waals surface area contributed by atoms with Crippen LogP contribution >= 0.6 is 35.0 Å². The first kappa shape index (κ1) is 18.9. The fourth-order valence-electron chi connectivity index (χ4n) is 2.60. The van der Waals surface area contributed by atoms with Gasteiger partial charge in [-0.3, -0.25) is 9.36 Å². The Labute approximate surface area is 174 Å². The highest BCUT2D eigenvalue weighted by atomic mass is 35.5. The number of carbonyl (C=O) groups excluding carboxylic acids is 1. The number of amides is 1. The van der Waals surface area contributed by atoms with Crippen LogP contribution in [0.4, 0.5) is 5.69 Å². The van der Waals surface area contributed by atoms with Gasteiger partial charge in [0.1, 0.15) is 19.5 Å². The molecule has 0 atom stereocenters. The summed E-state index contributed by atoms with van der Waals surface area (Å²) in [4.78, 5) is 12.4. The zero-order chi connectivity index (χ0) is 19.5. The van der Waals surface area contributed by atoms with Crippen LogP contribution in [-0.4, -0.2) is 39.6 Å². The first-order valence-electron chi connectivity index (χ1n) is 8.28. The number of aromatic nitrogens is 3. The van der Waals surface area contributed by atoms with Crippen LogP contribution in [0.2, 0.25) is 10.0 Å². The van der Waals surface area contributed by atoms with Crippen molar-refractivity contribution in [2.75, 3.05) is 24.3 Å². The molecule has 1 aliphatic heterocycles. The standard InChI is InChI=1S/C18H14Cl2N4O3S/c19-11-2-1-3-12(6-11)24-10-21-23-18(24)28-9-17(25)22-14-8-16-15(7-13(14)20)26-4-5-27-16/h1-3,6-8,10H,4-5,9H2,(H,22,25). The van der Waals surface area contributed by atoms with Crippen molar-refractivity contribution in [3.05, 3.63) is 52.8 Å². The second-order valence-electron chi connectivity index (χ2n) is 5.78. The zero-order valence-corrected chi connectivity index (χ0v) is 16.7. The van der Waals surface area contributed by atoms with Crippen molar-refractivity contribution in [1.82, 2.24) is 14.8 Å². The summed E-state index contributed by atoms with van der Waals surface area (Å²) in [5.41, 5.74) is 1.28. The Balaban J connectivity index is 1.43. The van der Waals surface area contributed by atoms with E-state index < -0.39 is 0 Å². The highest BCUT2D eigenvalue weighted by Gasteiger charge is 2.17. The van der Waals surface area contributed by atoms with E-state index in [1.165, 1.54) is 11.8 Å². The predicted octanol–water partition coefficient (Wildman–Crippen LogP) is 4.08. The molecular weight excluding hydrogens is 423 g/mol. The summed E-state index contributed by atoms with van der Waals surface area (Å²) in [6.07, 6.45) is 1.57. The number of nitrogens with zero attached hydrogens (tertiary/aromatic N) is 3. The summed E-state index contributed by atoms with van der Waals surface area (Å²) >= 11 is 13.5. The van der Waals surface area contributed by atoms with E-state index in [-0.39, 0.29) is 11.7 Å². The van der Waals surface area contributed by atoms with Gasteiger partial charge in [-0.05, 0) is 18.2 Å². The molecule has 2 heterocycles. The molecule has 0 bridgehead atoms. The molecule has 0 spiro atoms. The second-order valence-corrected chi connectivity index (χ2v) is 7.56. The third kappa shape index (κ3) is 4.19. The number of hydrogen-bond acceptors (Lipinski definition) is 6. The molecule has 0 fully saturated rings. The molecule has 1 aromatic heterocycles. The van der Waals surface area contributed by atoms with Crippen molar-refractivity contribution in [2.24, 2.45) is 0 Å². The molecule has 3 aromatic rings. The van der Waals surface area contributed by atoms with E-state index in [4.69, 9.17) is 32.7 Å². The molecule has 1 amide bonds. The van der Waals surface area contributed by atoms with E-state index in [2.05, 4.69) is 15.5 Å². The zero-order valence-electron chi connectivity index (χ0n) is 14.4. The minimum Gasteiger partial charge on any atom is -0.486 e. The summed E-state index contributed by atoms with van der Waals surface area (Å²) in [5, 5.41) is 12.3. The van der Waals surface area contributed by atoms with Gasteiger partial charge in [0.15, 0.2) is 16.7 Å². The van der Waals surface area contributed by atoms with Gasteiger partial charge in [0.2, 0.25) is 5.91 Å². The van der Waals surface area contributed by atoms with Crippen molar-refractivity contribution in [1.29, 1.82) is 0 Å². The van der Waals surface area contributed by atoms with Crippen molar-refractivity contribution >= 4 is 46.6 Å². The maximum absolute atomic E-state index is 12.4. The lowest BCUT2D eigenvalue weighted by Gasteiger charge is -2.20. The van der Waals surface area contributed by atoms with Crippen LogP contribution in [0.15, 0.2) is 47.9 Å². The molecular formula is C18H14Cl2N4O3S. The Morgan fingerprint density at radius 3 is 2.75 bits per heavy atom. The molecule has 0 saturated heterocycles. The molecule has 144 valence electrons. The number of hydrogen-bond donors (Lipinski definition) is 1. The predicted molar refractivity (Wildman–Crippen MR) is 108 cm³/mol. The van der Waals surface area contributed by atoms with E-state index in [1.807, 2.05) is 12.1 Å². The molecule has 10 heteroatoms. The maximum Gasteiger partial charge on any atom is 0.234 e. The van der Waals surface area contributed by atoms with Gasteiger partial charge < -0.3 is 14.8 Å². The van der Waals surface area contributed by atoms with Gasteiger partial charge in [0.25, 0.3) is 0 Å². The summed E-state index contributed by atoms with van der Waals surface area (Å²) in [7, 11) is 0. The van der Waals surface area contributed by atoms with Crippen LogP contribution in [0.3, 0.4) is 0 Å². The molecule has 0 saturated carbocycles. The number of benzene rings is 2. The largest absolute Gasteiger partial charge is 0.486 e. The monoisotopic (exact) mass is 436 g/mol. The number of fused-ring (bicyclic) bond motifs is 1. The number of nitrogens with one attached hydrogen (secondary N) is 1. The summed E-state index contributed by atoms with van der Waals surface area (Å²) in [5.74, 6) is 1.02. The topological polar surface area (TPSA) is 78.3 Å². The molecule has 0 aliphatic carbocycles. The lowest BCUT2D eigenvalue weighted by atomic mass is 10.2. The highest BCUT2D eigenvalue weighted by molar-refractivity contribution is 7.99. The first-order valence-corrected chi connectivity index (χ1v) is 10.0. The van der Waals surface area contributed by atoms with Gasteiger partial charge in [-0.1, -0.05) is 41.0 Å². The summed E-state index contributed by atoms with van der Waals surface area (Å²) in [6.45, 7) is 0.927. The van der Waals surface area contributed by atoms with Crippen LogP contribution in [0, 0.1) is 0 Å². The first-order chi connectivity index (χ1) is 13.6. The van der Waals surface area contributed by atoms with Crippen LogP contribution in [0.5, 0.6) is 11.5 Å². The molecule has 1 N–H and O–H groups in total. The average molecular weight is 437 g/mol. The van der Waals surface area contributed by atoms with Crippen molar-refractivity contribution in [2.45, 2.75) is 5.16 Å². The van der Waals surface area contributed by atoms with Gasteiger partial charge in [-0.25, -0.2) is 0 Å². The number of halogens is 2. The lowest BCUT2D eigenvalue weighted by Crippen LogP contribution is -2.17. The SMILES string of the molecule is O=C(CSc1nncn1-c1cccc(Cl)c1)Nc1cc2c(cc1Cl)OCCO2. The molecule has 1 aliphatic rings. The molecule has 4 rings (SSSR count). The fourth-order valence-corrected chi connectivity index (χ4v) is 3.72. The number of ether oxygens (including phenoxy) is 2. The average Bonchev–Trinajstić information content (AvgIpc) is 3.16. The van der Waals surface area contributed by atoms with Crippen LogP contribution in [0.1, 0.15) is 0 Å². The Bertz CT molecular complexity index is 1030.